The van der Waals surface area contributed by atoms with Crippen molar-refractivity contribution in [2.24, 2.45) is 0 Å². The minimum atomic E-state index is -0.767. The van der Waals surface area contributed by atoms with Gasteiger partial charge in [0, 0.05) is 26.8 Å². The predicted molar refractivity (Wildman–Crippen MR) is 48.3 cm³/mol. The fraction of sp³-hybridized carbons (Fsp3) is 0.889. The molecule has 13 heavy (non-hydrogen) atoms. The van der Waals surface area contributed by atoms with E-state index < -0.39 is 6.10 Å². The Bertz CT molecular complexity index is 172. The maximum Gasteiger partial charge on any atom is 0.251 e. The van der Waals surface area contributed by atoms with Crippen molar-refractivity contribution in [3.8, 4) is 0 Å². The second kappa shape index (κ2) is 5.19. The van der Waals surface area contributed by atoms with Crippen LogP contribution in [0.25, 0.3) is 0 Å². The fourth-order valence-corrected chi connectivity index (χ4v) is 1.54. The molecule has 1 atom stereocenters. The van der Waals surface area contributed by atoms with E-state index in [2.05, 4.69) is 0 Å². The largest absolute Gasteiger partial charge is 0.385 e. The van der Waals surface area contributed by atoms with Crippen molar-refractivity contribution >= 4 is 5.91 Å². The number of methoxy groups -OCH3 is 1. The van der Waals surface area contributed by atoms with E-state index in [4.69, 9.17) is 4.74 Å². The Morgan fingerprint density at radius 3 is 3.15 bits per heavy atom. The lowest BCUT2D eigenvalue weighted by molar-refractivity contribution is -0.143. The van der Waals surface area contributed by atoms with Gasteiger partial charge in [-0.3, -0.25) is 4.79 Å². The Morgan fingerprint density at radius 2 is 2.46 bits per heavy atom. The van der Waals surface area contributed by atoms with E-state index in [1.165, 1.54) is 0 Å². The number of hydrogen-bond acceptors (Lipinski definition) is 3. The summed E-state index contributed by atoms with van der Waals surface area (Å²) in [6, 6.07) is 0. The van der Waals surface area contributed by atoms with Crippen LogP contribution in [-0.2, 0) is 9.53 Å². The van der Waals surface area contributed by atoms with E-state index in [1.807, 2.05) is 0 Å². The number of aliphatic hydroxyl groups excluding tert-OH is 1. The second-order valence-corrected chi connectivity index (χ2v) is 3.33. The molecule has 1 saturated heterocycles. The van der Waals surface area contributed by atoms with Crippen molar-refractivity contribution in [1.82, 2.24) is 4.90 Å². The average molecular weight is 187 g/mol. The molecule has 0 bridgehead atoms. The summed E-state index contributed by atoms with van der Waals surface area (Å²) in [4.78, 5) is 13.1. The molecule has 1 rings (SSSR count). The number of amides is 1. The zero-order chi connectivity index (χ0) is 9.68. The molecule has 1 amide bonds. The molecular formula is C9H17NO3. The molecule has 0 aliphatic carbocycles. The molecular weight excluding hydrogens is 170 g/mol. The van der Waals surface area contributed by atoms with E-state index in [1.54, 1.807) is 12.0 Å². The van der Waals surface area contributed by atoms with Crippen LogP contribution in [0.1, 0.15) is 19.3 Å². The van der Waals surface area contributed by atoms with Gasteiger partial charge in [0.1, 0.15) is 6.10 Å². The first-order valence-electron chi connectivity index (χ1n) is 4.71. The molecule has 0 radical (unpaired) electrons. The molecule has 0 aromatic rings. The number of rotatable bonds is 4. The lowest BCUT2D eigenvalue weighted by atomic mass is 10.1. The third-order valence-corrected chi connectivity index (χ3v) is 2.28. The van der Waals surface area contributed by atoms with Gasteiger partial charge in [-0.1, -0.05) is 0 Å². The van der Waals surface area contributed by atoms with Crippen LogP contribution in [0.2, 0.25) is 0 Å². The number of hydrogen-bond donors (Lipinski definition) is 1. The summed E-state index contributed by atoms with van der Waals surface area (Å²) in [6.07, 6.45) is 1.59. The van der Waals surface area contributed by atoms with Crippen molar-refractivity contribution in [3.63, 3.8) is 0 Å². The van der Waals surface area contributed by atoms with E-state index in [9.17, 15) is 9.90 Å². The van der Waals surface area contributed by atoms with Crippen LogP contribution in [0.4, 0.5) is 0 Å². The topological polar surface area (TPSA) is 49.8 Å². The first kappa shape index (κ1) is 10.5. The van der Waals surface area contributed by atoms with Crippen LogP contribution in [0.15, 0.2) is 0 Å². The summed E-state index contributed by atoms with van der Waals surface area (Å²) >= 11 is 0. The zero-order valence-corrected chi connectivity index (χ0v) is 8.03. The third kappa shape index (κ3) is 2.97. The van der Waals surface area contributed by atoms with Crippen LogP contribution >= 0.6 is 0 Å². The molecule has 4 heteroatoms. The number of likely N-dealkylation sites (tertiary alicyclic amines) is 1. The highest BCUT2D eigenvalue weighted by molar-refractivity contribution is 5.81. The van der Waals surface area contributed by atoms with Gasteiger partial charge in [0.05, 0.1) is 0 Å². The summed E-state index contributed by atoms with van der Waals surface area (Å²) in [5.74, 6) is -0.123. The molecule has 1 aliphatic heterocycles. The molecule has 0 spiro atoms. The molecule has 1 fully saturated rings. The average Bonchev–Trinajstić information content (AvgIpc) is 2.13. The summed E-state index contributed by atoms with van der Waals surface area (Å²) < 4.78 is 4.89. The van der Waals surface area contributed by atoms with Crippen molar-refractivity contribution < 1.29 is 14.6 Å². The number of nitrogens with zero attached hydrogens (tertiary/aromatic N) is 1. The van der Waals surface area contributed by atoms with E-state index in [0.29, 0.717) is 19.6 Å². The summed E-state index contributed by atoms with van der Waals surface area (Å²) in [5.41, 5.74) is 0. The van der Waals surface area contributed by atoms with E-state index in [-0.39, 0.29) is 5.91 Å². The minimum absolute atomic E-state index is 0.123. The number of carbonyl (C=O) groups is 1. The smallest absolute Gasteiger partial charge is 0.251 e. The second-order valence-electron chi connectivity index (χ2n) is 3.33. The SMILES string of the molecule is COCCCN1CCCC(O)C1=O. The lowest BCUT2D eigenvalue weighted by Crippen LogP contribution is -2.44. The van der Waals surface area contributed by atoms with Crippen LogP contribution in [0.5, 0.6) is 0 Å². The first-order chi connectivity index (χ1) is 6.25. The molecule has 76 valence electrons. The highest BCUT2D eigenvalue weighted by Crippen LogP contribution is 2.11. The van der Waals surface area contributed by atoms with Crippen LogP contribution in [-0.4, -0.2) is 48.8 Å². The van der Waals surface area contributed by atoms with Crippen LogP contribution in [0, 0.1) is 0 Å². The molecule has 0 aromatic carbocycles. The van der Waals surface area contributed by atoms with E-state index in [0.717, 1.165) is 19.4 Å². The molecule has 1 aliphatic rings. The Morgan fingerprint density at radius 1 is 1.69 bits per heavy atom. The Balaban J connectivity index is 2.27. The number of ether oxygens (including phenoxy) is 1. The van der Waals surface area contributed by atoms with Gasteiger partial charge in [-0.2, -0.15) is 0 Å². The van der Waals surface area contributed by atoms with Gasteiger partial charge in [0.2, 0.25) is 0 Å². The maximum atomic E-state index is 11.4. The van der Waals surface area contributed by atoms with Gasteiger partial charge >= 0.3 is 0 Å². The van der Waals surface area contributed by atoms with Crippen molar-refractivity contribution in [1.29, 1.82) is 0 Å². The summed E-state index contributed by atoms with van der Waals surface area (Å²) in [5, 5.41) is 9.28. The maximum absolute atomic E-state index is 11.4. The normalized spacial score (nSPS) is 23.7. The van der Waals surface area contributed by atoms with Gasteiger partial charge in [-0.25, -0.2) is 0 Å². The lowest BCUT2D eigenvalue weighted by Gasteiger charge is -2.29. The summed E-state index contributed by atoms with van der Waals surface area (Å²) in [6.45, 7) is 2.14. The molecule has 1 unspecified atom stereocenters. The Labute approximate surface area is 78.5 Å². The van der Waals surface area contributed by atoms with Crippen molar-refractivity contribution in [2.45, 2.75) is 25.4 Å². The minimum Gasteiger partial charge on any atom is -0.385 e. The van der Waals surface area contributed by atoms with Gasteiger partial charge in [0.15, 0.2) is 0 Å². The molecule has 4 nitrogen and oxygen atoms in total. The number of aliphatic hydroxyl groups is 1. The number of piperidine rings is 1. The predicted octanol–water partition coefficient (Wildman–Crippen LogP) is 0.00620. The first-order valence-corrected chi connectivity index (χ1v) is 4.71. The van der Waals surface area contributed by atoms with Gasteiger partial charge in [-0.15, -0.1) is 0 Å². The van der Waals surface area contributed by atoms with Gasteiger partial charge in [0.25, 0.3) is 5.91 Å². The van der Waals surface area contributed by atoms with Gasteiger partial charge < -0.3 is 14.7 Å². The Kier molecular flexibility index (Phi) is 4.18. The van der Waals surface area contributed by atoms with Crippen LogP contribution < -0.4 is 0 Å². The zero-order valence-electron chi connectivity index (χ0n) is 8.03. The Hall–Kier alpha value is -0.610. The van der Waals surface area contributed by atoms with E-state index >= 15 is 0 Å². The molecule has 1 heterocycles. The molecule has 1 N–H and O–H groups in total. The summed E-state index contributed by atoms with van der Waals surface area (Å²) in [7, 11) is 1.65. The van der Waals surface area contributed by atoms with Gasteiger partial charge in [-0.05, 0) is 19.3 Å². The highest BCUT2D eigenvalue weighted by Gasteiger charge is 2.25. The monoisotopic (exact) mass is 187 g/mol. The quantitative estimate of drug-likeness (QED) is 0.630. The third-order valence-electron chi connectivity index (χ3n) is 2.28. The fourth-order valence-electron chi connectivity index (χ4n) is 1.54. The molecule has 0 aromatic heterocycles. The van der Waals surface area contributed by atoms with Crippen molar-refractivity contribution in [3.05, 3.63) is 0 Å². The highest BCUT2D eigenvalue weighted by atomic mass is 16.5. The molecule has 0 saturated carbocycles. The van der Waals surface area contributed by atoms with Crippen molar-refractivity contribution in [2.75, 3.05) is 26.8 Å². The van der Waals surface area contributed by atoms with Crippen LogP contribution in [0.3, 0.4) is 0 Å². The standard InChI is InChI=1S/C9H17NO3/c1-13-7-3-6-10-5-2-4-8(11)9(10)12/h8,11H,2-7H2,1H3. The number of carbonyl (C=O) groups excluding carboxylic acids is 1.